The molecule has 0 aromatic heterocycles. The van der Waals surface area contributed by atoms with E-state index in [1.54, 1.807) is 11.9 Å². The fourth-order valence-corrected chi connectivity index (χ4v) is 2.38. The van der Waals surface area contributed by atoms with Crippen LogP contribution in [0.5, 0.6) is 0 Å². The first-order chi connectivity index (χ1) is 7.73. The van der Waals surface area contributed by atoms with Gasteiger partial charge < -0.3 is 9.64 Å². The summed E-state index contributed by atoms with van der Waals surface area (Å²) in [5.41, 5.74) is -0.861. The van der Waals surface area contributed by atoms with E-state index in [1.165, 1.54) is 7.11 Å². The summed E-state index contributed by atoms with van der Waals surface area (Å²) >= 11 is 0. The van der Waals surface area contributed by atoms with Crippen LogP contribution in [-0.2, 0) is 14.3 Å². The van der Waals surface area contributed by atoms with Gasteiger partial charge in [0.1, 0.15) is 5.41 Å². The van der Waals surface area contributed by atoms with Crippen LogP contribution < -0.4 is 0 Å². The fourth-order valence-electron chi connectivity index (χ4n) is 2.38. The summed E-state index contributed by atoms with van der Waals surface area (Å²) in [5.74, 6) is -0.472. The molecule has 0 bridgehead atoms. The van der Waals surface area contributed by atoms with Crippen LogP contribution in [0.1, 0.15) is 40.0 Å². The Bertz CT molecular complexity index is 313. The van der Waals surface area contributed by atoms with Gasteiger partial charge in [-0.25, -0.2) is 0 Å². The van der Waals surface area contributed by atoms with Gasteiger partial charge in [0.05, 0.1) is 7.11 Å². The van der Waals surface area contributed by atoms with Crippen molar-refractivity contribution in [2.24, 2.45) is 10.8 Å². The SMILES string of the molecule is COC(=O)C1(C(=O)N(C)CC(C)(C)C)CCC1. The van der Waals surface area contributed by atoms with Crippen LogP contribution >= 0.6 is 0 Å². The maximum absolute atomic E-state index is 12.4. The topological polar surface area (TPSA) is 46.6 Å². The van der Waals surface area contributed by atoms with E-state index in [9.17, 15) is 9.59 Å². The Balaban J connectivity index is 2.77. The van der Waals surface area contributed by atoms with Gasteiger partial charge in [-0.15, -0.1) is 0 Å². The normalized spacial score (nSPS) is 18.2. The first-order valence-corrected chi connectivity index (χ1v) is 6.07. The smallest absolute Gasteiger partial charge is 0.321 e. The number of carbonyl (C=O) groups excluding carboxylic acids is 2. The third-order valence-electron chi connectivity index (χ3n) is 3.25. The Hall–Kier alpha value is -1.06. The number of hydrogen-bond acceptors (Lipinski definition) is 3. The van der Waals surface area contributed by atoms with E-state index in [-0.39, 0.29) is 17.3 Å². The van der Waals surface area contributed by atoms with Gasteiger partial charge in [0.25, 0.3) is 0 Å². The molecular formula is C13H23NO3. The molecule has 0 atom stereocenters. The van der Waals surface area contributed by atoms with Crippen molar-refractivity contribution in [3.8, 4) is 0 Å². The summed E-state index contributed by atoms with van der Waals surface area (Å²) < 4.78 is 4.77. The second kappa shape index (κ2) is 4.67. The van der Waals surface area contributed by atoms with Gasteiger partial charge in [0, 0.05) is 13.6 Å². The summed E-state index contributed by atoms with van der Waals surface area (Å²) in [6.45, 7) is 6.86. The Morgan fingerprint density at radius 2 is 1.82 bits per heavy atom. The second-order valence-corrected chi connectivity index (χ2v) is 6.15. The first-order valence-electron chi connectivity index (χ1n) is 6.07. The number of hydrogen-bond donors (Lipinski definition) is 0. The Labute approximate surface area is 103 Å². The monoisotopic (exact) mass is 241 g/mol. The van der Waals surface area contributed by atoms with Gasteiger partial charge in [-0.05, 0) is 18.3 Å². The summed E-state index contributed by atoms with van der Waals surface area (Å²) in [6, 6.07) is 0. The highest BCUT2D eigenvalue weighted by molar-refractivity contribution is 6.03. The highest BCUT2D eigenvalue weighted by atomic mass is 16.5. The van der Waals surface area contributed by atoms with Crippen LogP contribution in [0.3, 0.4) is 0 Å². The summed E-state index contributed by atoms with van der Waals surface area (Å²) in [6.07, 6.45) is 2.16. The second-order valence-electron chi connectivity index (χ2n) is 6.15. The molecule has 0 radical (unpaired) electrons. The van der Waals surface area contributed by atoms with E-state index < -0.39 is 5.41 Å². The molecule has 0 spiro atoms. The number of methoxy groups -OCH3 is 1. The average molecular weight is 241 g/mol. The van der Waals surface area contributed by atoms with Gasteiger partial charge >= 0.3 is 5.97 Å². The van der Waals surface area contributed by atoms with Crippen molar-refractivity contribution in [1.29, 1.82) is 0 Å². The van der Waals surface area contributed by atoms with E-state index in [1.807, 2.05) is 0 Å². The Morgan fingerprint density at radius 1 is 1.29 bits per heavy atom. The van der Waals surface area contributed by atoms with Crippen LogP contribution in [0, 0.1) is 10.8 Å². The van der Waals surface area contributed by atoms with Crippen molar-refractivity contribution in [2.45, 2.75) is 40.0 Å². The fraction of sp³-hybridized carbons (Fsp3) is 0.846. The molecule has 1 rings (SSSR count). The number of amides is 1. The summed E-state index contributed by atoms with van der Waals surface area (Å²) in [5, 5.41) is 0. The molecule has 0 saturated heterocycles. The van der Waals surface area contributed by atoms with Crippen molar-refractivity contribution in [3.05, 3.63) is 0 Å². The molecule has 1 aliphatic rings. The molecule has 0 aromatic rings. The lowest BCUT2D eigenvalue weighted by Gasteiger charge is -2.41. The van der Waals surface area contributed by atoms with Gasteiger partial charge in [-0.3, -0.25) is 9.59 Å². The van der Waals surface area contributed by atoms with Crippen LogP contribution in [0.15, 0.2) is 0 Å². The molecule has 0 aliphatic heterocycles. The third kappa shape index (κ3) is 2.79. The zero-order chi connectivity index (χ0) is 13.3. The van der Waals surface area contributed by atoms with E-state index in [2.05, 4.69) is 20.8 Å². The highest BCUT2D eigenvalue weighted by Crippen LogP contribution is 2.43. The molecule has 0 N–H and O–H groups in total. The third-order valence-corrected chi connectivity index (χ3v) is 3.25. The van der Waals surface area contributed by atoms with Gasteiger partial charge in [-0.2, -0.15) is 0 Å². The molecule has 0 aromatic carbocycles. The lowest BCUT2D eigenvalue weighted by Crippen LogP contribution is -2.53. The predicted octanol–water partition coefficient (Wildman–Crippen LogP) is 1.83. The molecule has 0 heterocycles. The minimum Gasteiger partial charge on any atom is -0.468 e. The van der Waals surface area contributed by atoms with Crippen molar-refractivity contribution >= 4 is 11.9 Å². The van der Waals surface area contributed by atoms with Gasteiger partial charge in [0.15, 0.2) is 0 Å². The number of rotatable bonds is 3. The largest absolute Gasteiger partial charge is 0.468 e. The van der Waals surface area contributed by atoms with Crippen molar-refractivity contribution < 1.29 is 14.3 Å². The van der Waals surface area contributed by atoms with E-state index in [0.717, 1.165) is 6.42 Å². The van der Waals surface area contributed by atoms with Gasteiger partial charge in [-0.1, -0.05) is 27.2 Å². The number of nitrogens with zero attached hydrogens (tertiary/aromatic N) is 1. The molecule has 4 nitrogen and oxygen atoms in total. The minimum atomic E-state index is -0.894. The molecular weight excluding hydrogens is 218 g/mol. The van der Waals surface area contributed by atoms with Crippen molar-refractivity contribution in [3.63, 3.8) is 0 Å². The molecule has 1 amide bonds. The van der Waals surface area contributed by atoms with Crippen molar-refractivity contribution in [1.82, 2.24) is 4.90 Å². The average Bonchev–Trinajstić information content (AvgIpc) is 2.12. The maximum Gasteiger partial charge on any atom is 0.321 e. The lowest BCUT2D eigenvalue weighted by atomic mass is 9.67. The standard InChI is InChI=1S/C13H23NO3/c1-12(2,3)9-14(4)10(15)13(7-6-8-13)11(16)17-5/h6-9H2,1-5H3. The zero-order valence-corrected chi connectivity index (χ0v) is 11.5. The van der Waals surface area contributed by atoms with Crippen LogP contribution in [0.2, 0.25) is 0 Å². The molecule has 1 aliphatic carbocycles. The van der Waals surface area contributed by atoms with Crippen molar-refractivity contribution in [2.75, 3.05) is 20.7 Å². The van der Waals surface area contributed by atoms with E-state index >= 15 is 0 Å². The first kappa shape index (κ1) is 14.0. The molecule has 4 heteroatoms. The minimum absolute atomic E-state index is 0.0332. The van der Waals surface area contributed by atoms with E-state index in [0.29, 0.717) is 19.4 Å². The zero-order valence-electron chi connectivity index (χ0n) is 11.5. The molecule has 1 saturated carbocycles. The summed E-state index contributed by atoms with van der Waals surface area (Å²) in [7, 11) is 3.11. The maximum atomic E-state index is 12.4. The Morgan fingerprint density at radius 3 is 2.12 bits per heavy atom. The van der Waals surface area contributed by atoms with Crippen LogP contribution in [0.25, 0.3) is 0 Å². The number of ether oxygens (including phenoxy) is 1. The summed E-state index contributed by atoms with van der Waals surface area (Å²) in [4.78, 5) is 25.8. The molecule has 1 fully saturated rings. The molecule has 98 valence electrons. The molecule has 17 heavy (non-hydrogen) atoms. The van der Waals surface area contributed by atoms with Gasteiger partial charge in [0.2, 0.25) is 5.91 Å². The van der Waals surface area contributed by atoms with Crippen LogP contribution in [0.4, 0.5) is 0 Å². The molecule has 0 unspecified atom stereocenters. The van der Waals surface area contributed by atoms with E-state index in [4.69, 9.17) is 4.74 Å². The number of carbonyl (C=O) groups is 2. The highest BCUT2D eigenvalue weighted by Gasteiger charge is 2.53. The lowest BCUT2D eigenvalue weighted by molar-refractivity contribution is -0.170. The quantitative estimate of drug-likeness (QED) is 0.559. The number of esters is 1. The van der Waals surface area contributed by atoms with Crippen LogP contribution in [-0.4, -0.2) is 37.5 Å². The Kier molecular flexibility index (Phi) is 3.84. The predicted molar refractivity (Wildman–Crippen MR) is 65.4 cm³/mol.